The molecule has 0 fully saturated rings. The van der Waals surface area contributed by atoms with Crippen LogP contribution < -0.4 is 4.74 Å². The summed E-state index contributed by atoms with van der Waals surface area (Å²) in [4.78, 5) is 2.38. The number of nitrogens with zero attached hydrogens (tertiary/aromatic N) is 2. The number of hydrogen-bond donors (Lipinski definition) is 0. The number of para-hydroxylation sites is 1. The Morgan fingerprint density at radius 3 is 3.00 bits per heavy atom. The molecular weight excluding hydrogens is 236 g/mol. The number of nitriles is 1. The molecule has 1 aromatic carbocycles. The normalized spacial score (nSPS) is 19.4. The minimum Gasteiger partial charge on any atom is -0.493 e. The molecule has 3 nitrogen and oxygen atoms in total. The number of hydrogen-bond acceptors (Lipinski definition) is 3. The van der Waals surface area contributed by atoms with E-state index < -0.39 is 0 Å². The maximum atomic E-state index is 8.95. The second-order valence-electron chi connectivity index (χ2n) is 5.25. The van der Waals surface area contributed by atoms with Gasteiger partial charge in [-0.05, 0) is 31.5 Å². The lowest BCUT2D eigenvalue weighted by Gasteiger charge is -2.31. The molecule has 0 bridgehead atoms. The Hall–Kier alpha value is -1.53. The number of ether oxygens (including phenoxy) is 1. The van der Waals surface area contributed by atoms with Gasteiger partial charge in [-0.15, -0.1) is 0 Å². The molecule has 0 radical (unpaired) electrons. The molecule has 19 heavy (non-hydrogen) atoms. The monoisotopic (exact) mass is 258 g/mol. The van der Waals surface area contributed by atoms with Crippen LogP contribution in [0.1, 0.15) is 31.7 Å². The highest BCUT2D eigenvalue weighted by Crippen LogP contribution is 2.33. The third kappa shape index (κ3) is 3.48. The van der Waals surface area contributed by atoms with Crippen molar-refractivity contribution in [2.45, 2.75) is 26.2 Å². The van der Waals surface area contributed by atoms with Crippen molar-refractivity contribution in [3.63, 3.8) is 0 Å². The van der Waals surface area contributed by atoms with Gasteiger partial charge in [-0.25, -0.2) is 0 Å². The molecule has 102 valence electrons. The van der Waals surface area contributed by atoms with E-state index in [0.29, 0.717) is 5.92 Å². The molecule has 2 atom stereocenters. The molecular formula is C16H22N2O. The van der Waals surface area contributed by atoms with E-state index in [0.717, 1.165) is 38.4 Å². The fraction of sp³-hybridized carbons (Fsp3) is 0.562. The summed E-state index contributed by atoms with van der Waals surface area (Å²) in [6.07, 6.45) is 1.06. The van der Waals surface area contributed by atoms with Crippen molar-refractivity contribution in [2.24, 2.45) is 5.92 Å². The molecule has 0 saturated carbocycles. The summed E-state index contributed by atoms with van der Waals surface area (Å²) < 4.78 is 5.70. The molecule has 0 aliphatic carbocycles. The standard InChI is InChI=1S/C16H22N2O/c1-3-18(11-13(2)10-17)12-14-8-9-19-16-7-5-4-6-15(14)16/h4-7,13-14H,3,8-9,11-12H2,1-2H3. The summed E-state index contributed by atoms with van der Waals surface area (Å²) in [5.74, 6) is 1.65. The van der Waals surface area contributed by atoms with Gasteiger partial charge in [0.25, 0.3) is 0 Å². The van der Waals surface area contributed by atoms with Gasteiger partial charge in [0, 0.05) is 19.0 Å². The van der Waals surface area contributed by atoms with Crippen molar-refractivity contribution < 1.29 is 4.74 Å². The van der Waals surface area contributed by atoms with Gasteiger partial charge in [0.2, 0.25) is 0 Å². The van der Waals surface area contributed by atoms with Crippen LogP contribution in [0.4, 0.5) is 0 Å². The summed E-state index contributed by atoms with van der Waals surface area (Å²) >= 11 is 0. The molecule has 0 saturated heterocycles. The highest BCUT2D eigenvalue weighted by molar-refractivity contribution is 5.37. The van der Waals surface area contributed by atoms with E-state index in [9.17, 15) is 0 Å². The average molecular weight is 258 g/mol. The zero-order valence-corrected chi connectivity index (χ0v) is 11.8. The Kier molecular flexibility index (Phi) is 4.81. The van der Waals surface area contributed by atoms with Gasteiger partial charge in [-0.3, -0.25) is 0 Å². The fourth-order valence-corrected chi connectivity index (χ4v) is 2.68. The summed E-state index contributed by atoms with van der Waals surface area (Å²) in [5, 5.41) is 8.95. The third-order valence-electron chi connectivity index (χ3n) is 3.76. The van der Waals surface area contributed by atoms with E-state index in [1.165, 1.54) is 5.56 Å². The molecule has 1 aromatic rings. The van der Waals surface area contributed by atoms with Crippen LogP contribution in [0.15, 0.2) is 24.3 Å². The lowest BCUT2D eigenvalue weighted by molar-refractivity contribution is 0.208. The fourth-order valence-electron chi connectivity index (χ4n) is 2.68. The summed E-state index contributed by atoms with van der Waals surface area (Å²) in [7, 11) is 0. The van der Waals surface area contributed by atoms with E-state index in [2.05, 4.69) is 36.1 Å². The molecule has 1 aliphatic rings. The molecule has 2 unspecified atom stereocenters. The van der Waals surface area contributed by atoms with Crippen LogP contribution in [-0.4, -0.2) is 31.1 Å². The van der Waals surface area contributed by atoms with E-state index in [-0.39, 0.29) is 5.92 Å². The van der Waals surface area contributed by atoms with Gasteiger partial charge >= 0.3 is 0 Å². The Bertz CT molecular complexity index is 452. The van der Waals surface area contributed by atoms with E-state index in [4.69, 9.17) is 10.00 Å². The van der Waals surface area contributed by atoms with Crippen LogP contribution >= 0.6 is 0 Å². The topological polar surface area (TPSA) is 36.3 Å². The van der Waals surface area contributed by atoms with Gasteiger partial charge in [-0.2, -0.15) is 5.26 Å². The smallest absolute Gasteiger partial charge is 0.122 e. The van der Waals surface area contributed by atoms with E-state index in [1.807, 2.05) is 13.0 Å². The van der Waals surface area contributed by atoms with Gasteiger partial charge in [0.15, 0.2) is 0 Å². The second kappa shape index (κ2) is 6.58. The molecule has 0 spiro atoms. The first-order valence-electron chi connectivity index (χ1n) is 7.08. The van der Waals surface area contributed by atoms with Crippen molar-refractivity contribution in [3.8, 4) is 11.8 Å². The van der Waals surface area contributed by atoms with Crippen molar-refractivity contribution in [2.75, 3.05) is 26.2 Å². The largest absolute Gasteiger partial charge is 0.493 e. The zero-order chi connectivity index (χ0) is 13.7. The number of fused-ring (bicyclic) bond motifs is 1. The lowest BCUT2D eigenvalue weighted by atomic mass is 9.92. The maximum absolute atomic E-state index is 8.95. The number of benzene rings is 1. The molecule has 0 N–H and O–H groups in total. The molecule has 1 aliphatic heterocycles. The highest BCUT2D eigenvalue weighted by Gasteiger charge is 2.23. The van der Waals surface area contributed by atoms with Gasteiger partial charge in [-0.1, -0.05) is 25.1 Å². The predicted octanol–water partition coefficient (Wildman–Crippen LogP) is 3.03. The lowest BCUT2D eigenvalue weighted by Crippen LogP contribution is -2.33. The van der Waals surface area contributed by atoms with Crippen LogP contribution in [0, 0.1) is 17.2 Å². The third-order valence-corrected chi connectivity index (χ3v) is 3.76. The Labute approximate surface area is 115 Å². The minimum atomic E-state index is 0.0926. The SMILES string of the molecule is CCN(CC(C)C#N)CC1CCOc2ccccc21. The van der Waals surface area contributed by atoms with Gasteiger partial charge < -0.3 is 9.64 Å². The van der Waals surface area contributed by atoms with Crippen LogP contribution in [0.2, 0.25) is 0 Å². The van der Waals surface area contributed by atoms with E-state index >= 15 is 0 Å². The van der Waals surface area contributed by atoms with Crippen LogP contribution in [-0.2, 0) is 0 Å². The van der Waals surface area contributed by atoms with Crippen LogP contribution in [0.3, 0.4) is 0 Å². The minimum absolute atomic E-state index is 0.0926. The molecule has 3 heteroatoms. The summed E-state index contributed by atoms with van der Waals surface area (Å²) in [6, 6.07) is 10.6. The Morgan fingerprint density at radius 2 is 2.26 bits per heavy atom. The number of likely N-dealkylation sites (N-methyl/N-ethyl adjacent to an activating group) is 1. The first-order chi connectivity index (χ1) is 9.24. The van der Waals surface area contributed by atoms with Crippen molar-refractivity contribution in [3.05, 3.63) is 29.8 Å². The average Bonchev–Trinajstić information content (AvgIpc) is 2.46. The Morgan fingerprint density at radius 1 is 1.47 bits per heavy atom. The Balaban J connectivity index is 2.05. The summed E-state index contributed by atoms with van der Waals surface area (Å²) in [6.45, 7) is 7.81. The molecule has 0 aromatic heterocycles. The van der Waals surface area contributed by atoms with Crippen molar-refractivity contribution in [1.29, 1.82) is 5.26 Å². The van der Waals surface area contributed by atoms with Crippen molar-refractivity contribution >= 4 is 0 Å². The second-order valence-corrected chi connectivity index (χ2v) is 5.25. The van der Waals surface area contributed by atoms with Crippen LogP contribution in [0.5, 0.6) is 5.75 Å². The quantitative estimate of drug-likeness (QED) is 0.814. The molecule has 1 heterocycles. The first kappa shape index (κ1) is 13.9. The van der Waals surface area contributed by atoms with Crippen LogP contribution in [0.25, 0.3) is 0 Å². The van der Waals surface area contributed by atoms with E-state index in [1.54, 1.807) is 0 Å². The maximum Gasteiger partial charge on any atom is 0.122 e. The van der Waals surface area contributed by atoms with Gasteiger partial charge in [0.05, 0.1) is 18.6 Å². The highest BCUT2D eigenvalue weighted by atomic mass is 16.5. The van der Waals surface area contributed by atoms with Crippen molar-refractivity contribution in [1.82, 2.24) is 4.90 Å². The summed E-state index contributed by atoms with van der Waals surface area (Å²) in [5.41, 5.74) is 1.32. The zero-order valence-electron chi connectivity index (χ0n) is 11.8. The van der Waals surface area contributed by atoms with Gasteiger partial charge in [0.1, 0.15) is 5.75 Å². The predicted molar refractivity (Wildman–Crippen MR) is 76.2 cm³/mol. The number of rotatable bonds is 5. The molecule has 0 amide bonds. The first-order valence-corrected chi connectivity index (χ1v) is 7.08. The molecule has 2 rings (SSSR count).